The molecule has 1 heterocycles. The zero-order valence-corrected chi connectivity index (χ0v) is 16.0. The molecule has 2 rings (SSSR count). The largest absolute Gasteiger partial charge is 0.325 e. The minimum atomic E-state index is -0.191. The number of aromatic nitrogens is 1. The van der Waals surface area contributed by atoms with Crippen LogP contribution in [0.3, 0.4) is 0 Å². The molecule has 8 heteroatoms. The number of nitrogens with one attached hydrogen (secondary N) is 2. The third kappa shape index (κ3) is 6.81. The van der Waals surface area contributed by atoms with Gasteiger partial charge in [-0.25, -0.2) is 4.98 Å². The maximum Gasteiger partial charge on any atom is 0.239 e. The summed E-state index contributed by atoms with van der Waals surface area (Å²) in [6.45, 7) is 0.606. The number of benzene rings is 1. The minimum absolute atomic E-state index is 0.157. The zero-order chi connectivity index (χ0) is 18.2. The van der Waals surface area contributed by atoms with Crippen molar-refractivity contribution in [2.24, 2.45) is 0 Å². The van der Waals surface area contributed by atoms with Crippen LogP contribution in [0.15, 0.2) is 47.1 Å². The lowest BCUT2D eigenvalue weighted by Crippen LogP contribution is -2.32. The SMILES string of the molecule is CN(CCC(=O)Nc1ccccc1Cl)CC(=O)Nc1ccc(Br)cn1. The highest BCUT2D eigenvalue weighted by Gasteiger charge is 2.10. The maximum atomic E-state index is 12.0. The van der Waals surface area contributed by atoms with E-state index in [2.05, 4.69) is 31.5 Å². The van der Waals surface area contributed by atoms with Gasteiger partial charge in [-0.05, 0) is 47.2 Å². The molecule has 0 bridgehead atoms. The molecule has 0 atom stereocenters. The van der Waals surface area contributed by atoms with E-state index in [1.807, 2.05) is 0 Å². The second-order valence-electron chi connectivity index (χ2n) is 5.43. The van der Waals surface area contributed by atoms with Crippen LogP contribution in [-0.4, -0.2) is 41.8 Å². The second kappa shape index (κ2) is 9.50. The Morgan fingerprint density at radius 1 is 1.16 bits per heavy atom. The molecule has 2 aromatic rings. The summed E-state index contributed by atoms with van der Waals surface area (Å²) in [5.41, 5.74) is 0.580. The molecule has 1 aromatic heterocycles. The molecule has 1 aromatic carbocycles. The summed E-state index contributed by atoms with van der Waals surface area (Å²) in [7, 11) is 1.78. The van der Waals surface area contributed by atoms with Crippen LogP contribution in [0.25, 0.3) is 0 Å². The molecule has 6 nitrogen and oxygen atoms in total. The number of halogens is 2. The molecule has 0 unspecified atom stereocenters. The number of hydrogen-bond acceptors (Lipinski definition) is 4. The molecule has 0 aliphatic carbocycles. The molecule has 2 amide bonds. The van der Waals surface area contributed by atoms with Crippen LogP contribution in [0.1, 0.15) is 6.42 Å². The predicted octanol–water partition coefficient (Wildman–Crippen LogP) is 3.40. The number of carbonyl (C=O) groups is 2. The first kappa shape index (κ1) is 19.4. The highest BCUT2D eigenvalue weighted by atomic mass is 79.9. The smallest absolute Gasteiger partial charge is 0.239 e. The molecule has 0 radical (unpaired) electrons. The van der Waals surface area contributed by atoms with Gasteiger partial charge in [0.05, 0.1) is 17.3 Å². The number of nitrogens with zero attached hydrogens (tertiary/aromatic N) is 2. The van der Waals surface area contributed by atoms with Crippen molar-refractivity contribution in [2.75, 3.05) is 30.8 Å². The monoisotopic (exact) mass is 424 g/mol. The van der Waals surface area contributed by atoms with Crippen LogP contribution in [0.4, 0.5) is 11.5 Å². The van der Waals surface area contributed by atoms with Crippen molar-refractivity contribution in [3.63, 3.8) is 0 Å². The van der Waals surface area contributed by atoms with Crippen molar-refractivity contribution in [3.05, 3.63) is 52.1 Å². The molecular formula is C17H18BrClN4O2. The molecule has 0 saturated carbocycles. The first-order chi connectivity index (χ1) is 11.9. The normalized spacial score (nSPS) is 10.6. The van der Waals surface area contributed by atoms with E-state index in [0.29, 0.717) is 23.1 Å². The lowest BCUT2D eigenvalue weighted by molar-refractivity contribution is -0.119. The molecule has 0 aliphatic heterocycles. The Bertz CT molecular complexity index is 740. The molecule has 132 valence electrons. The Labute approximate surface area is 159 Å². The Kier molecular flexibility index (Phi) is 7.36. The Hall–Kier alpha value is -1.96. The number of carbonyl (C=O) groups excluding carboxylic acids is 2. The quantitative estimate of drug-likeness (QED) is 0.713. The number of pyridine rings is 1. The van der Waals surface area contributed by atoms with E-state index in [-0.39, 0.29) is 24.8 Å². The van der Waals surface area contributed by atoms with Crippen molar-refractivity contribution < 1.29 is 9.59 Å². The topological polar surface area (TPSA) is 74.3 Å². The number of rotatable bonds is 7. The van der Waals surface area contributed by atoms with Crippen LogP contribution in [-0.2, 0) is 9.59 Å². The number of amides is 2. The van der Waals surface area contributed by atoms with Gasteiger partial charge in [0.2, 0.25) is 11.8 Å². The standard InChI is InChI=1S/C17H18BrClN4O2/c1-23(11-17(25)22-15-7-6-12(18)10-20-15)9-8-16(24)21-14-5-3-2-4-13(14)19/h2-7,10H,8-9,11H2,1H3,(H,21,24)(H,20,22,25). The van der Waals surface area contributed by atoms with E-state index in [0.717, 1.165) is 4.47 Å². The van der Waals surface area contributed by atoms with E-state index in [1.54, 1.807) is 54.5 Å². The molecule has 0 aliphatic rings. The van der Waals surface area contributed by atoms with Gasteiger partial charge in [-0.15, -0.1) is 0 Å². The van der Waals surface area contributed by atoms with Crippen molar-refractivity contribution in [3.8, 4) is 0 Å². The summed E-state index contributed by atoms with van der Waals surface area (Å²) < 4.78 is 0.840. The lowest BCUT2D eigenvalue weighted by atomic mass is 10.3. The molecule has 0 spiro atoms. The van der Waals surface area contributed by atoms with Gasteiger partial charge in [0.1, 0.15) is 5.82 Å². The predicted molar refractivity (Wildman–Crippen MR) is 103 cm³/mol. The molecule has 0 fully saturated rings. The van der Waals surface area contributed by atoms with Crippen molar-refractivity contribution in [1.29, 1.82) is 0 Å². The highest BCUT2D eigenvalue weighted by Crippen LogP contribution is 2.20. The van der Waals surface area contributed by atoms with Gasteiger partial charge >= 0.3 is 0 Å². The fourth-order valence-corrected chi connectivity index (χ4v) is 2.44. The van der Waals surface area contributed by atoms with Crippen molar-refractivity contribution >= 4 is 50.9 Å². The number of anilines is 2. The average Bonchev–Trinajstić information content (AvgIpc) is 2.57. The van der Waals surface area contributed by atoms with Gasteiger partial charge in [0.15, 0.2) is 0 Å². The average molecular weight is 426 g/mol. The van der Waals surface area contributed by atoms with Crippen LogP contribution in [0, 0.1) is 0 Å². The summed E-state index contributed by atoms with van der Waals surface area (Å²) in [5.74, 6) is 0.136. The lowest BCUT2D eigenvalue weighted by Gasteiger charge is -2.16. The van der Waals surface area contributed by atoms with Gasteiger partial charge in [-0.3, -0.25) is 14.5 Å². The number of likely N-dealkylation sites (N-methyl/N-ethyl adjacent to an activating group) is 1. The van der Waals surface area contributed by atoms with Crippen molar-refractivity contribution in [2.45, 2.75) is 6.42 Å². The zero-order valence-electron chi connectivity index (χ0n) is 13.6. The van der Waals surface area contributed by atoms with E-state index in [4.69, 9.17) is 11.6 Å². The first-order valence-corrected chi connectivity index (χ1v) is 8.75. The third-order valence-corrected chi connectivity index (χ3v) is 4.08. The van der Waals surface area contributed by atoms with Crippen LogP contribution in [0.2, 0.25) is 5.02 Å². The summed E-state index contributed by atoms with van der Waals surface area (Å²) in [5, 5.41) is 5.95. The Balaban J connectivity index is 1.73. The van der Waals surface area contributed by atoms with Gasteiger partial charge in [0.25, 0.3) is 0 Å². The Morgan fingerprint density at radius 2 is 1.92 bits per heavy atom. The minimum Gasteiger partial charge on any atom is -0.325 e. The maximum absolute atomic E-state index is 12.0. The van der Waals surface area contributed by atoms with Gasteiger partial charge in [-0.1, -0.05) is 23.7 Å². The van der Waals surface area contributed by atoms with Crippen LogP contribution < -0.4 is 10.6 Å². The molecular weight excluding hydrogens is 408 g/mol. The summed E-state index contributed by atoms with van der Waals surface area (Å²) in [6.07, 6.45) is 1.86. The first-order valence-electron chi connectivity index (χ1n) is 7.58. The summed E-state index contributed by atoms with van der Waals surface area (Å²) >= 11 is 9.28. The Morgan fingerprint density at radius 3 is 2.60 bits per heavy atom. The van der Waals surface area contributed by atoms with Gasteiger partial charge in [0, 0.05) is 23.6 Å². The fourth-order valence-electron chi connectivity index (χ4n) is 2.02. The third-order valence-electron chi connectivity index (χ3n) is 3.28. The van der Waals surface area contributed by atoms with Crippen LogP contribution in [0.5, 0.6) is 0 Å². The van der Waals surface area contributed by atoms with Crippen LogP contribution >= 0.6 is 27.5 Å². The highest BCUT2D eigenvalue weighted by molar-refractivity contribution is 9.10. The van der Waals surface area contributed by atoms with E-state index in [9.17, 15) is 9.59 Å². The number of hydrogen-bond donors (Lipinski definition) is 2. The number of para-hydroxylation sites is 1. The fraction of sp³-hybridized carbons (Fsp3) is 0.235. The molecule has 25 heavy (non-hydrogen) atoms. The summed E-state index contributed by atoms with van der Waals surface area (Å²) in [6, 6.07) is 10.6. The second-order valence-corrected chi connectivity index (χ2v) is 6.75. The van der Waals surface area contributed by atoms with E-state index in [1.165, 1.54) is 0 Å². The van der Waals surface area contributed by atoms with Crippen molar-refractivity contribution in [1.82, 2.24) is 9.88 Å². The summed E-state index contributed by atoms with van der Waals surface area (Å²) in [4.78, 5) is 29.8. The molecule has 2 N–H and O–H groups in total. The van der Waals surface area contributed by atoms with Gasteiger partial charge < -0.3 is 10.6 Å². The van der Waals surface area contributed by atoms with E-state index < -0.39 is 0 Å². The van der Waals surface area contributed by atoms with Gasteiger partial charge in [-0.2, -0.15) is 0 Å². The van der Waals surface area contributed by atoms with E-state index >= 15 is 0 Å². The molecule has 0 saturated heterocycles.